The van der Waals surface area contributed by atoms with Crippen molar-refractivity contribution >= 4 is 23.9 Å². The van der Waals surface area contributed by atoms with E-state index in [0.29, 0.717) is 11.1 Å². The highest BCUT2D eigenvalue weighted by Crippen LogP contribution is 2.72. The van der Waals surface area contributed by atoms with Gasteiger partial charge in [0.2, 0.25) is 0 Å². The van der Waals surface area contributed by atoms with Gasteiger partial charge in [-0.2, -0.15) is 0 Å². The Hall–Kier alpha value is -3.28. The molecule has 2 saturated heterocycles. The summed E-state index contributed by atoms with van der Waals surface area (Å²) in [6.07, 6.45) is 0. The third-order valence-corrected chi connectivity index (χ3v) is 5.89. The van der Waals surface area contributed by atoms with Crippen LogP contribution in [0.1, 0.15) is 11.1 Å². The maximum Gasteiger partial charge on any atom is 0.326 e. The van der Waals surface area contributed by atoms with E-state index in [-0.39, 0.29) is 0 Å². The Kier molecular flexibility index (Phi) is 2.69. The number of hydrogen-bond acceptors (Lipinski definition) is 6. The number of benzene rings is 2. The predicted octanol–water partition coefficient (Wildman–Crippen LogP) is 1.28. The lowest BCUT2D eigenvalue weighted by atomic mass is 9.36. The van der Waals surface area contributed by atoms with Crippen molar-refractivity contribution in [3.05, 3.63) is 71.8 Å². The van der Waals surface area contributed by atoms with Gasteiger partial charge in [-0.3, -0.25) is 19.2 Å². The predicted molar refractivity (Wildman–Crippen MR) is 85.4 cm³/mol. The van der Waals surface area contributed by atoms with Crippen LogP contribution in [0, 0.1) is 11.8 Å². The Bertz CT molecular complexity index is 900. The molecule has 1 saturated carbocycles. The minimum absolute atomic E-state index is 0.465. The van der Waals surface area contributed by atoms with Crippen LogP contribution in [0.3, 0.4) is 0 Å². The zero-order valence-corrected chi connectivity index (χ0v) is 13.4. The lowest BCUT2D eigenvalue weighted by Crippen LogP contribution is -2.74. The molecule has 0 amide bonds. The molecule has 0 radical (unpaired) electrons. The molecule has 0 aromatic heterocycles. The normalized spacial score (nSPS) is 34.6. The van der Waals surface area contributed by atoms with Gasteiger partial charge in [0.25, 0.3) is 0 Å². The van der Waals surface area contributed by atoms with Crippen molar-refractivity contribution in [2.75, 3.05) is 0 Å². The van der Waals surface area contributed by atoms with Crippen LogP contribution in [0.4, 0.5) is 0 Å². The zero-order valence-electron chi connectivity index (χ0n) is 13.4. The SMILES string of the molecule is O=C1OC(=O)C2(c3ccccc3)C1C1C(=O)OC(=O)C12c1ccccc1. The molecule has 2 heterocycles. The van der Waals surface area contributed by atoms with Crippen molar-refractivity contribution in [2.24, 2.45) is 11.8 Å². The van der Waals surface area contributed by atoms with E-state index in [2.05, 4.69) is 0 Å². The molecule has 6 nitrogen and oxygen atoms in total. The van der Waals surface area contributed by atoms with Crippen LogP contribution in [-0.4, -0.2) is 23.9 Å². The molecule has 6 heteroatoms. The average Bonchev–Trinajstić information content (AvgIpc) is 2.97. The molecule has 26 heavy (non-hydrogen) atoms. The molecule has 1 aliphatic carbocycles. The Morgan fingerprint density at radius 2 is 0.923 bits per heavy atom. The first-order valence-corrected chi connectivity index (χ1v) is 8.19. The average molecular weight is 348 g/mol. The number of rotatable bonds is 2. The smallest absolute Gasteiger partial charge is 0.326 e. The number of carbonyl (C=O) groups is 4. The molecular weight excluding hydrogens is 336 g/mol. The molecule has 2 aliphatic heterocycles. The van der Waals surface area contributed by atoms with Gasteiger partial charge >= 0.3 is 23.9 Å². The minimum atomic E-state index is -1.60. The topological polar surface area (TPSA) is 86.7 Å². The van der Waals surface area contributed by atoms with Crippen LogP contribution >= 0.6 is 0 Å². The summed E-state index contributed by atoms with van der Waals surface area (Å²) in [6, 6.07) is 17.1. The van der Waals surface area contributed by atoms with Gasteiger partial charge in [0.05, 0.1) is 11.8 Å². The van der Waals surface area contributed by atoms with E-state index in [0.717, 1.165) is 0 Å². The highest BCUT2D eigenvalue weighted by molar-refractivity contribution is 6.20. The molecule has 128 valence electrons. The maximum absolute atomic E-state index is 13.0. The van der Waals surface area contributed by atoms with Crippen molar-refractivity contribution in [1.29, 1.82) is 0 Å². The zero-order chi connectivity index (χ0) is 18.1. The van der Waals surface area contributed by atoms with Gasteiger partial charge in [-0.05, 0) is 11.1 Å². The Labute approximate surface area is 147 Å². The highest BCUT2D eigenvalue weighted by atomic mass is 16.6. The molecule has 5 rings (SSSR count). The highest BCUT2D eigenvalue weighted by Gasteiger charge is 2.90. The summed E-state index contributed by atoms with van der Waals surface area (Å²) in [5.74, 6) is -5.35. The van der Waals surface area contributed by atoms with Gasteiger partial charge < -0.3 is 9.47 Å². The van der Waals surface area contributed by atoms with E-state index in [1.807, 2.05) is 0 Å². The molecule has 4 atom stereocenters. The third kappa shape index (κ3) is 1.33. The first kappa shape index (κ1) is 15.0. The van der Waals surface area contributed by atoms with E-state index >= 15 is 0 Å². The summed E-state index contributed by atoms with van der Waals surface area (Å²) in [6.45, 7) is 0. The number of ether oxygens (including phenoxy) is 2. The van der Waals surface area contributed by atoms with Crippen LogP contribution in [-0.2, 0) is 39.5 Å². The number of carbonyl (C=O) groups excluding carboxylic acids is 4. The maximum atomic E-state index is 13.0. The van der Waals surface area contributed by atoms with E-state index in [1.54, 1.807) is 60.7 Å². The molecule has 3 fully saturated rings. The quantitative estimate of drug-likeness (QED) is 0.600. The van der Waals surface area contributed by atoms with Crippen molar-refractivity contribution in [1.82, 2.24) is 0 Å². The van der Waals surface area contributed by atoms with E-state index in [1.165, 1.54) is 0 Å². The monoisotopic (exact) mass is 348 g/mol. The summed E-state index contributed by atoms with van der Waals surface area (Å²) in [4.78, 5) is 50.8. The molecule has 2 aromatic rings. The fraction of sp³-hybridized carbons (Fsp3) is 0.200. The molecule has 4 unspecified atom stereocenters. The summed E-state index contributed by atoms with van der Waals surface area (Å²) in [7, 11) is 0. The summed E-state index contributed by atoms with van der Waals surface area (Å²) in [5.41, 5.74) is -2.26. The van der Waals surface area contributed by atoms with Crippen LogP contribution in [0.5, 0.6) is 0 Å². The summed E-state index contributed by atoms with van der Waals surface area (Å²) in [5, 5.41) is 0. The fourth-order valence-electron chi connectivity index (χ4n) is 5.02. The molecule has 0 N–H and O–H groups in total. The van der Waals surface area contributed by atoms with Gasteiger partial charge in [-0.25, -0.2) is 0 Å². The van der Waals surface area contributed by atoms with Gasteiger partial charge in [-0.15, -0.1) is 0 Å². The molecule has 0 bridgehead atoms. The standard InChI is InChI=1S/C20H12O6/c21-15-13-14-16(22)26-18(24)20(14,12-9-5-2-6-10-12)19(13,17(23)25-15)11-7-3-1-4-8-11/h1-10,13-14H. The van der Waals surface area contributed by atoms with Gasteiger partial charge in [0.1, 0.15) is 10.8 Å². The second kappa shape index (κ2) is 4.66. The Morgan fingerprint density at radius 3 is 1.27 bits per heavy atom. The van der Waals surface area contributed by atoms with Gasteiger partial charge in [-0.1, -0.05) is 60.7 Å². The third-order valence-electron chi connectivity index (χ3n) is 5.89. The van der Waals surface area contributed by atoms with Crippen LogP contribution < -0.4 is 0 Å². The van der Waals surface area contributed by atoms with Crippen LogP contribution in [0.25, 0.3) is 0 Å². The summed E-state index contributed by atoms with van der Waals surface area (Å²) >= 11 is 0. The Morgan fingerprint density at radius 1 is 0.577 bits per heavy atom. The van der Waals surface area contributed by atoms with Crippen molar-refractivity contribution < 1.29 is 28.7 Å². The van der Waals surface area contributed by atoms with Crippen LogP contribution in [0.2, 0.25) is 0 Å². The molecule has 3 aliphatic rings. The Balaban J connectivity index is 1.89. The van der Waals surface area contributed by atoms with E-state index in [9.17, 15) is 19.2 Å². The van der Waals surface area contributed by atoms with Gasteiger partial charge in [0, 0.05) is 0 Å². The lowest BCUT2D eigenvalue weighted by Gasteiger charge is -2.56. The number of fused-ring (bicyclic) bond motifs is 4. The van der Waals surface area contributed by atoms with Crippen molar-refractivity contribution in [3.63, 3.8) is 0 Å². The summed E-state index contributed by atoms with van der Waals surface area (Å²) < 4.78 is 9.90. The fourth-order valence-corrected chi connectivity index (χ4v) is 5.02. The first-order valence-electron chi connectivity index (χ1n) is 8.19. The van der Waals surface area contributed by atoms with Crippen molar-refractivity contribution in [3.8, 4) is 0 Å². The lowest BCUT2D eigenvalue weighted by molar-refractivity contribution is -0.161. The van der Waals surface area contributed by atoms with Crippen LogP contribution in [0.15, 0.2) is 60.7 Å². The van der Waals surface area contributed by atoms with Crippen molar-refractivity contribution in [2.45, 2.75) is 10.8 Å². The first-order chi connectivity index (χ1) is 12.6. The molecular formula is C20H12O6. The molecule has 0 spiro atoms. The minimum Gasteiger partial charge on any atom is -0.392 e. The number of hydrogen-bond donors (Lipinski definition) is 0. The second-order valence-electron chi connectivity index (χ2n) is 6.72. The second-order valence-corrected chi connectivity index (χ2v) is 6.72. The van der Waals surface area contributed by atoms with E-state index in [4.69, 9.17) is 9.47 Å². The van der Waals surface area contributed by atoms with Gasteiger partial charge in [0.15, 0.2) is 0 Å². The number of cyclic esters (lactones) is 4. The largest absolute Gasteiger partial charge is 0.392 e. The molecule has 2 aromatic carbocycles. The number of esters is 4. The van der Waals surface area contributed by atoms with E-state index < -0.39 is 46.5 Å².